The van der Waals surface area contributed by atoms with E-state index in [0.717, 1.165) is 44.0 Å². The molecule has 2 aromatic carbocycles. The standard InChI is InChI=1S/C28H32ClFN4O3/c1-3-33(13-12-32-14-16-36-17-15-32)31-26-18-28(35)34(19-22-4-6-23(29)7-5-22)27(21(26)2)20-37-25-10-8-24(30)9-11-25/h3-11,18,31H,1,12-17,19-20H2,2H3. The summed E-state index contributed by atoms with van der Waals surface area (Å²) >= 11 is 6.04. The van der Waals surface area contributed by atoms with Crippen molar-refractivity contribution in [1.82, 2.24) is 14.5 Å². The second-order valence-electron chi connectivity index (χ2n) is 8.86. The number of anilines is 1. The summed E-state index contributed by atoms with van der Waals surface area (Å²) in [6.07, 6.45) is 1.72. The maximum atomic E-state index is 13.4. The summed E-state index contributed by atoms with van der Waals surface area (Å²) in [5, 5.41) is 2.51. The molecule has 0 aliphatic carbocycles. The molecule has 9 heteroatoms. The van der Waals surface area contributed by atoms with E-state index < -0.39 is 0 Å². The van der Waals surface area contributed by atoms with E-state index in [2.05, 4.69) is 16.9 Å². The number of morpholine rings is 1. The number of rotatable bonds is 11. The molecule has 0 bridgehead atoms. The normalized spacial score (nSPS) is 13.8. The highest BCUT2D eigenvalue weighted by Gasteiger charge is 2.16. The van der Waals surface area contributed by atoms with Crippen LogP contribution in [-0.4, -0.2) is 53.9 Å². The van der Waals surface area contributed by atoms with Crippen LogP contribution in [0.4, 0.5) is 10.1 Å². The Morgan fingerprint density at radius 2 is 1.86 bits per heavy atom. The van der Waals surface area contributed by atoms with Gasteiger partial charge in [-0.15, -0.1) is 0 Å². The van der Waals surface area contributed by atoms with Crippen molar-refractivity contribution in [2.75, 3.05) is 44.8 Å². The van der Waals surface area contributed by atoms with E-state index in [1.54, 1.807) is 41.1 Å². The van der Waals surface area contributed by atoms with Gasteiger partial charge in [0.2, 0.25) is 0 Å². The number of pyridine rings is 1. The van der Waals surface area contributed by atoms with Crippen LogP contribution in [0, 0.1) is 12.7 Å². The van der Waals surface area contributed by atoms with Crippen LogP contribution in [0.15, 0.2) is 72.2 Å². The average Bonchev–Trinajstić information content (AvgIpc) is 2.91. The van der Waals surface area contributed by atoms with Gasteiger partial charge < -0.3 is 14.0 Å². The Hall–Kier alpha value is -3.33. The Labute approximate surface area is 221 Å². The fraction of sp³-hybridized carbons (Fsp3) is 0.321. The topological polar surface area (TPSA) is 59.0 Å². The lowest BCUT2D eigenvalue weighted by atomic mass is 10.1. The van der Waals surface area contributed by atoms with Crippen molar-refractivity contribution in [2.45, 2.75) is 20.1 Å². The lowest BCUT2D eigenvalue weighted by Crippen LogP contribution is -2.41. The predicted molar refractivity (Wildman–Crippen MR) is 145 cm³/mol. The number of hydrogen-bond donors (Lipinski definition) is 1. The van der Waals surface area contributed by atoms with Gasteiger partial charge in [0.25, 0.3) is 5.56 Å². The molecule has 0 unspecified atom stereocenters. The molecule has 4 rings (SSSR count). The molecule has 0 amide bonds. The zero-order chi connectivity index (χ0) is 26.2. The summed E-state index contributed by atoms with van der Waals surface area (Å²) in [6.45, 7) is 11.2. The van der Waals surface area contributed by atoms with Gasteiger partial charge in [0.1, 0.15) is 18.2 Å². The zero-order valence-corrected chi connectivity index (χ0v) is 21.7. The van der Waals surface area contributed by atoms with E-state index in [0.29, 0.717) is 35.2 Å². The molecular weight excluding hydrogens is 495 g/mol. The van der Waals surface area contributed by atoms with Crippen LogP contribution >= 0.6 is 11.6 Å². The minimum atomic E-state index is -0.337. The van der Waals surface area contributed by atoms with Crippen LogP contribution in [0.2, 0.25) is 5.02 Å². The summed E-state index contributed by atoms with van der Waals surface area (Å²) in [5.74, 6) is 0.179. The first-order valence-electron chi connectivity index (χ1n) is 12.2. The summed E-state index contributed by atoms with van der Waals surface area (Å²) in [4.78, 5) is 15.7. The van der Waals surface area contributed by atoms with Gasteiger partial charge in [-0.1, -0.05) is 30.3 Å². The molecule has 7 nitrogen and oxygen atoms in total. The van der Waals surface area contributed by atoms with E-state index in [-0.39, 0.29) is 18.0 Å². The van der Waals surface area contributed by atoms with Crippen molar-refractivity contribution >= 4 is 17.3 Å². The van der Waals surface area contributed by atoms with Gasteiger partial charge in [0, 0.05) is 36.9 Å². The van der Waals surface area contributed by atoms with Crippen molar-refractivity contribution in [2.24, 2.45) is 0 Å². The highest BCUT2D eigenvalue weighted by Crippen LogP contribution is 2.22. The molecule has 0 atom stereocenters. The summed E-state index contributed by atoms with van der Waals surface area (Å²) < 4.78 is 26.4. The second kappa shape index (κ2) is 12.8. The molecule has 0 saturated carbocycles. The van der Waals surface area contributed by atoms with E-state index in [9.17, 15) is 9.18 Å². The van der Waals surface area contributed by atoms with Crippen molar-refractivity contribution in [3.05, 3.63) is 105 Å². The van der Waals surface area contributed by atoms with Crippen LogP contribution in [0.1, 0.15) is 16.8 Å². The maximum absolute atomic E-state index is 13.4. The number of benzene rings is 2. The summed E-state index contributed by atoms with van der Waals surface area (Å²) in [7, 11) is 0. The molecule has 3 aromatic rings. The molecule has 0 radical (unpaired) electrons. The van der Waals surface area contributed by atoms with Crippen LogP contribution in [-0.2, 0) is 17.9 Å². The maximum Gasteiger partial charge on any atom is 0.253 e. The van der Waals surface area contributed by atoms with Gasteiger partial charge in [-0.3, -0.25) is 20.1 Å². The van der Waals surface area contributed by atoms with E-state index in [4.69, 9.17) is 21.1 Å². The fourth-order valence-corrected chi connectivity index (χ4v) is 4.28. The Bertz CT molecular complexity index is 1240. The lowest BCUT2D eigenvalue weighted by Gasteiger charge is -2.30. The van der Waals surface area contributed by atoms with Gasteiger partial charge in [0.15, 0.2) is 0 Å². The molecule has 0 spiro atoms. The van der Waals surface area contributed by atoms with Crippen molar-refractivity contribution < 1.29 is 13.9 Å². The summed E-state index contributed by atoms with van der Waals surface area (Å²) in [5.41, 5.74) is 6.37. The summed E-state index contributed by atoms with van der Waals surface area (Å²) in [6, 6.07) is 14.8. The molecule has 1 saturated heterocycles. The number of aromatic nitrogens is 1. The third-order valence-electron chi connectivity index (χ3n) is 6.38. The Morgan fingerprint density at radius 1 is 1.16 bits per heavy atom. The quantitative estimate of drug-likeness (QED) is 0.366. The molecule has 1 fully saturated rings. The number of nitrogens with one attached hydrogen (secondary N) is 1. The second-order valence-corrected chi connectivity index (χ2v) is 9.30. The molecule has 2 heterocycles. The molecule has 196 valence electrons. The van der Waals surface area contributed by atoms with Crippen LogP contribution in [0.5, 0.6) is 5.75 Å². The third kappa shape index (κ3) is 7.35. The average molecular weight is 527 g/mol. The molecule has 1 aliphatic heterocycles. The lowest BCUT2D eigenvalue weighted by molar-refractivity contribution is 0.0359. The van der Waals surface area contributed by atoms with E-state index in [1.165, 1.54) is 12.1 Å². The Kier molecular flexibility index (Phi) is 9.22. The minimum Gasteiger partial charge on any atom is -0.487 e. The van der Waals surface area contributed by atoms with Crippen molar-refractivity contribution in [1.29, 1.82) is 0 Å². The minimum absolute atomic E-state index is 0.137. The van der Waals surface area contributed by atoms with Crippen LogP contribution < -0.4 is 15.7 Å². The number of hydrazine groups is 1. The van der Waals surface area contributed by atoms with E-state index >= 15 is 0 Å². The number of ether oxygens (including phenoxy) is 2. The van der Waals surface area contributed by atoms with Gasteiger partial charge in [-0.05, 0) is 54.4 Å². The molecular formula is C28H32ClFN4O3. The van der Waals surface area contributed by atoms with Gasteiger partial charge in [-0.25, -0.2) is 4.39 Å². The monoisotopic (exact) mass is 526 g/mol. The van der Waals surface area contributed by atoms with Gasteiger partial charge in [0.05, 0.1) is 37.7 Å². The number of hydrogen-bond acceptors (Lipinski definition) is 6. The molecule has 1 aliphatic rings. The number of halogens is 2. The predicted octanol–water partition coefficient (Wildman–Crippen LogP) is 4.68. The van der Waals surface area contributed by atoms with Crippen LogP contribution in [0.25, 0.3) is 0 Å². The highest BCUT2D eigenvalue weighted by atomic mass is 35.5. The van der Waals surface area contributed by atoms with Gasteiger partial charge in [-0.2, -0.15) is 0 Å². The molecule has 1 N–H and O–H groups in total. The number of nitrogens with zero attached hydrogens (tertiary/aromatic N) is 3. The smallest absolute Gasteiger partial charge is 0.253 e. The fourth-order valence-electron chi connectivity index (χ4n) is 4.15. The largest absolute Gasteiger partial charge is 0.487 e. The van der Waals surface area contributed by atoms with E-state index in [1.807, 2.05) is 24.1 Å². The Balaban J connectivity index is 1.58. The third-order valence-corrected chi connectivity index (χ3v) is 6.64. The molecule has 37 heavy (non-hydrogen) atoms. The molecule has 1 aromatic heterocycles. The first-order valence-corrected chi connectivity index (χ1v) is 12.6. The highest BCUT2D eigenvalue weighted by molar-refractivity contribution is 6.30. The van der Waals surface area contributed by atoms with Crippen molar-refractivity contribution in [3.63, 3.8) is 0 Å². The first-order chi connectivity index (χ1) is 17.9. The first kappa shape index (κ1) is 26.7. The SMILES string of the molecule is C=CN(CCN1CCOCC1)Nc1cc(=O)n(Cc2ccc(Cl)cc2)c(COc2ccc(F)cc2)c1C. The Morgan fingerprint density at radius 3 is 2.54 bits per heavy atom. The zero-order valence-electron chi connectivity index (χ0n) is 21.0. The van der Waals surface area contributed by atoms with Gasteiger partial charge >= 0.3 is 0 Å². The van der Waals surface area contributed by atoms with Crippen molar-refractivity contribution in [3.8, 4) is 5.75 Å². The van der Waals surface area contributed by atoms with Crippen LogP contribution in [0.3, 0.4) is 0 Å².